The molecular weight excluding hydrogens is 372 g/mol. The summed E-state index contributed by atoms with van der Waals surface area (Å²) in [6, 6.07) is 6.02. The summed E-state index contributed by atoms with van der Waals surface area (Å²) in [6.07, 6.45) is 7.98. The summed E-state index contributed by atoms with van der Waals surface area (Å²) < 4.78 is 7.17. The minimum Gasteiger partial charge on any atom is -0.460 e. The molecule has 1 aliphatic carbocycles. The SMILES string of the molecule is CCN1C(=O)C(C#N)=C(C)/C(=C/c2cc3oc(C4CCCCC4)cc3s2)C1=O. The lowest BCUT2D eigenvalue weighted by atomic mass is 9.88. The Balaban J connectivity index is 1.69. The molecule has 2 aromatic heterocycles. The molecule has 0 aromatic carbocycles. The molecule has 1 saturated carbocycles. The van der Waals surface area contributed by atoms with Crippen LogP contribution in [-0.2, 0) is 9.59 Å². The van der Waals surface area contributed by atoms with Gasteiger partial charge in [0.05, 0.1) is 4.70 Å². The molecule has 1 fully saturated rings. The van der Waals surface area contributed by atoms with Crippen LogP contribution in [0.4, 0.5) is 0 Å². The zero-order chi connectivity index (χ0) is 19.8. The Morgan fingerprint density at radius 2 is 2.00 bits per heavy atom. The molecule has 4 rings (SSSR count). The third kappa shape index (κ3) is 3.10. The molecule has 0 spiro atoms. The Labute approximate surface area is 167 Å². The molecule has 6 heteroatoms. The molecule has 2 aromatic rings. The van der Waals surface area contributed by atoms with Crippen LogP contribution in [0.5, 0.6) is 0 Å². The Morgan fingerprint density at radius 1 is 1.25 bits per heavy atom. The number of furan rings is 1. The monoisotopic (exact) mass is 394 g/mol. The van der Waals surface area contributed by atoms with Crippen molar-refractivity contribution in [2.24, 2.45) is 0 Å². The van der Waals surface area contributed by atoms with Crippen molar-refractivity contribution in [2.75, 3.05) is 6.54 Å². The van der Waals surface area contributed by atoms with E-state index in [9.17, 15) is 14.9 Å². The van der Waals surface area contributed by atoms with Gasteiger partial charge in [0.2, 0.25) is 0 Å². The zero-order valence-corrected chi connectivity index (χ0v) is 16.9. The molecule has 2 amide bonds. The number of hydrogen-bond donors (Lipinski definition) is 0. The average Bonchev–Trinajstić information content (AvgIpc) is 3.25. The third-order valence-corrected chi connectivity index (χ3v) is 6.69. The number of carbonyl (C=O) groups excluding carboxylic acids is 2. The lowest BCUT2D eigenvalue weighted by Crippen LogP contribution is -2.42. The van der Waals surface area contributed by atoms with Gasteiger partial charge in [-0.3, -0.25) is 14.5 Å². The molecule has 0 N–H and O–H groups in total. The van der Waals surface area contributed by atoms with Gasteiger partial charge in [-0.1, -0.05) is 19.3 Å². The fraction of sp³-hybridized carbons (Fsp3) is 0.409. The topological polar surface area (TPSA) is 74.3 Å². The van der Waals surface area contributed by atoms with Crippen molar-refractivity contribution in [1.29, 1.82) is 5.26 Å². The van der Waals surface area contributed by atoms with Crippen molar-refractivity contribution in [2.45, 2.75) is 51.9 Å². The minimum absolute atomic E-state index is 0.0347. The van der Waals surface area contributed by atoms with Gasteiger partial charge in [0, 0.05) is 22.9 Å². The molecule has 0 atom stereocenters. The van der Waals surface area contributed by atoms with E-state index in [0.29, 0.717) is 17.1 Å². The molecule has 2 aliphatic rings. The lowest BCUT2D eigenvalue weighted by molar-refractivity contribution is -0.140. The van der Waals surface area contributed by atoms with Crippen LogP contribution in [0.3, 0.4) is 0 Å². The van der Waals surface area contributed by atoms with E-state index in [4.69, 9.17) is 4.42 Å². The first-order chi connectivity index (χ1) is 13.5. The number of hydrogen-bond acceptors (Lipinski definition) is 5. The van der Waals surface area contributed by atoms with Crippen molar-refractivity contribution < 1.29 is 14.0 Å². The van der Waals surface area contributed by atoms with Crippen LogP contribution in [-0.4, -0.2) is 23.3 Å². The number of imide groups is 1. The first-order valence-electron chi connectivity index (χ1n) is 9.76. The molecule has 1 aliphatic heterocycles. The van der Waals surface area contributed by atoms with Gasteiger partial charge in [0.25, 0.3) is 11.8 Å². The van der Waals surface area contributed by atoms with Gasteiger partial charge >= 0.3 is 0 Å². The number of carbonyl (C=O) groups is 2. The van der Waals surface area contributed by atoms with Crippen LogP contribution < -0.4 is 0 Å². The summed E-state index contributed by atoms with van der Waals surface area (Å²) in [5, 5.41) is 9.34. The molecule has 144 valence electrons. The molecule has 0 radical (unpaired) electrons. The van der Waals surface area contributed by atoms with E-state index in [0.717, 1.165) is 25.8 Å². The van der Waals surface area contributed by atoms with Gasteiger partial charge in [-0.05, 0) is 50.5 Å². The van der Waals surface area contributed by atoms with Crippen LogP contribution in [0.15, 0.2) is 33.3 Å². The summed E-state index contributed by atoms with van der Waals surface area (Å²) in [4.78, 5) is 27.0. The van der Waals surface area contributed by atoms with Gasteiger partial charge in [0.15, 0.2) is 0 Å². The van der Waals surface area contributed by atoms with Crippen molar-refractivity contribution in [3.63, 3.8) is 0 Å². The second kappa shape index (κ2) is 7.40. The Morgan fingerprint density at radius 3 is 2.64 bits per heavy atom. The lowest BCUT2D eigenvalue weighted by Gasteiger charge is -2.26. The minimum atomic E-state index is -0.512. The van der Waals surface area contributed by atoms with Crippen LogP contribution in [0.25, 0.3) is 16.4 Å². The number of nitriles is 1. The summed E-state index contributed by atoms with van der Waals surface area (Å²) >= 11 is 1.57. The van der Waals surface area contributed by atoms with Crippen molar-refractivity contribution >= 4 is 39.5 Å². The highest BCUT2D eigenvalue weighted by Crippen LogP contribution is 2.39. The average molecular weight is 394 g/mol. The molecular formula is C22H22N2O3S. The third-order valence-electron chi connectivity index (χ3n) is 5.68. The number of rotatable bonds is 3. The molecule has 0 saturated heterocycles. The van der Waals surface area contributed by atoms with E-state index < -0.39 is 5.91 Å². The van der Waals surface area contributed by atoms with Crippen molar-refractivity contribution in [1.82, 2.24) is 4.90 Å². The molecule has 3 heterocycles. The second-order valence-corrected chi connectivity index (χ2v) is 8.50. The predicted octanol–water partition coefficient (Wildman–Crippen LogP) is 5.15. The van der Waals surface area contributed by atoms with E-state index in [2.05, 4.69) is 6.07 Å². The highest BCUT2D eigenvalue weighted by molar-refractivity contribution is 7.19. The molecule has 5 nitrogen and oxygen atoms in total. The quantitative estimate of drug-likeness (QED) is 0.533. The summed E-state index contributed by atoms with van der Waals surface area (Å²) in [5.74, 6) is 0.723. The Kier molecular flexibility index (Phi) is 4.94. The predicted molar refractivity (Wildman–Crippen MR) is 109 cm³/mol. The Bertz CT molecular complexity index is 1030. The zero-order valence-electron chi connectivity index (χ0n) is 16.1. The van der Waals surface area contributed by atoms with Gasteiger partial charge in [-0.25, -0.2) is 0 Å². The summed E-state index contributed by atoms with van der Waals surface area (Å²) in [7, 11) is 0. The number of likely N-dealkylation sites (N-methyl/N-ethyl adjacent to an activating group) is 1. The van der Waals surface area contributed by atoms with Crippen molar-refractivity contribution in [3.8, 4) is 6.07 Å². The van der Waals surface area contributed by atoms with Gasteiger partial charge in [-0.2, -0.15) is 5.26 Å². The second-order valence-electron chi connectivity index (χ2n) is 7.39. The van der Waals surface area contributed by atoms with Crippen LogP contribution in [0.2, 0.25) is 0 Å². The van der Waals surface area contributed by atoms with Crippen LogP contribution >= 0.6 is 11.3 Å². The molecule has 0 bridgehead atoms. The standard InChI is InChI=1S/C22H22N2O3S/c1-3-24-21(25)16(13(2)17(12-23)22(24)26)9-15-10-19-20(28-15)11-18(27-19)14-7-5-4-6-8-14/h9-11,14H,3-8H2,1-2H3/b16-9-. The number of fused-ring (bicyclic) bond motifs is 1. The van der Waals surface area contributed by atoms with Gasteiger partial charge in [0.1, 0.15) is 23.0 Å². The van der Waals surface area contributed by atoms with E-state index in [1.165, 1.54) is 32.1 Å². The number of amides is 2. The first kappa shape index (κ1) is 18.7. The maximum atomic E-state index is 12.7. The van der Waals surface area contributed by atoms with E-state index in [1.807, 2.05) is 12.1 Å². The number of nitrogens with zero attached hydrogens (tertiary/aromatic N) is 2. The maximum Gasteiger partial charge on any atom is 0.271 e. The van der Waals surface area contributed by atoms with Crippen LogP contribution in [0.1, 0.15) is 62.5 Å². The fourth-order valence-electron chi connectivity index (χ4n) is 4.09. The summed E-state index contributed by atoms with van der Waals surface area (Å²) in [5.41, 5.74) is 1.71. The molecule has 28 heavy (non-hydrogen) atoms. The Hall–Kier alpha value is -2.65. The summed E-state index contributed by atoms with van der Waals surface area (Å²) in [6.45, 7) is 3.63. The van der Waals surface area contributed by atoms with Crippen LogP contribution in [0, 0.1) is 11.3 Å². The highest BCUT2D eigenvalue weighted by Gasteiger charge is 2.34. The first-order valence-corrected chi connectivity index (χ1v) is 10.6. The van der Waals surface area contributed by atoms with Gasteiger partial charge in [-0.15, -0.1) is 11.3 Å². The highest BCUT2D eigenvalue weighted by atomic mass is 32.1. The van der Waals surface area contributed by atoms with Crippen molar-refractivity contribution in [3.05, 3.63) is 39.5 Å². The van der Waals surface area contributed by atoms with E-state index in [-0.39, 0.29) is 18.0 Å². The largest absolute Gasteiger partial charge is 0.460 e. The normalized spacial score (nSPS) is 20.5. The van der Waals surface area contributed by atoms with E-state index in [1.54, 1.807) is 31.3 Å². The molecule has 0 unspecified atom stereocenters. The smallest absolute Gasteiger partial charge is 0.271 e. The number of thiophene rings is 1. The maximum absolute atomic E-state index is 12.7. The fourth-order valence-corrected chi connectivity index (χ4v) is 5.06. The van der Waals surface area contributed by atoms with Gasteiger partial charge < -0.3 is 4.42 Å². The van der Waals surface area contributed by atoms with E-state index >= 15 is 0 Å².